The summed E-state index contributed by atoms with van der Waals surface area (Å²) in [6.07, 6.45) is 1.28. The first-order chi connectivity index (χ1) is 22.3. The number of amides is 1. The van der Waals surface area contributed by atoms with E-state index in [0.717, 1.165) is 68.6 Å². The van der Waals surface area contributed by atoms with E-state index < -0.39 is 28.5 Å². The van der Waals surface area contributed by atoms with Crippen molar-refractivity contribution in [3.05, 3.63) is 86.6 Å². The molecule has 0 radical (unpaired) electrons. The number of carbonyl (C=O) groups excluding carboxylic acids is 1. The molecule has 0 spiro atoms. The fraction of sp³-hybridized carbons (Fsp3) is 0.471. The van der Waals surface area contributed by atoms with Gasteiger partial charge in [-0.05, 0) is 94.5 Å². The van der Waals surface area contributed by atoms with Crippen LogP contribution in [0, 0.1) is 10.1 Å². The van der Waals surface area contributed by atoms with Gasteiger partial charge in [-0.3, -0.25) is 20.0 Å². The summed E-state index contributed by atoms with van der Waals surface area (Å²) in [5.41, 5.74) is 2.39. The quantitative estimate of drug-likeness (QED) is 0.128. The Balaban J connectivity index is 1.37. The first-order valence-corrected chi connectivity index (χ1v) is 15.8. The molecule has 254 valence electrons. The van der Waals surface area contributed by atoms with Crippen LogP contribution < -0.4 is 10.1 Å². The van der Waals surface area contributed by atoms with Gasteiger partial charge in [-0.1, -0.05) is 12.5 Å². The second-order valence-corrected chi connectivity index (χ2v) is 12.0. The SMILES string of the molecule is CC/C(C)=C(/C=C(/C)C(=NC)c1ccc(C(F)(F)F)cc1O)NC1CCCN(C2CCN(C(=O)Oc3ccc([N+](=O)[O-])cc3)CC2)C1. The van der Waals surface area contributed by atoms with Gasteiger partial charge in [-0.2, -0.15) is 13.2 Å². The number of phenolic OH excluding ortho intramolecular Hbond substituents is 1. The van der Waals surface area contributed by atoms with Gasteiger partial charge in [0.25, 0.3) is 5.69 Å². The van der Waals surface area contributed by atoms with Crippen molar-refractivity contribution < 1.29 is 32.7 Å². The smallest absolute Gasteiger partial charge is 0.416 e. The van der Waals surface area contributed by atoms with Crippen LogP contribution in [-0.4, -0.2) is 76.9 Å². The Morgan fingerprint density at radius 1 is 1.13 bits per heavy atom. The molecule has 0 bridgehead atoms. The summed E-state index contributed by atoms with van der Waals surface area (Å²) < 4.78 is 44.9. The first-order valence-electron chi connectivity index (χ1n) is 15.8. The van der Waals surface area contributed by atoms with Gasteiger partial charge < -0.3 is 20.1 Å². The molecular weight excluding hydrogens is 615 g/mol. The highest BCUT2D eigenvalue weighted by Gasteiger charge is 2.32. The number of halogens is 3. The predicted octanol–water partition coefficient (Wildman–Crippen LogP) is 7.09. The Kier molecular flexibility index (Phi) is 11.7. The number of hydrogen-bond acceptors (Lipinski definition) is 8. The summed E-state index contributed by atoms with van der Waals surface area (Å²) in [5.74, 6) is -0.218. The highest BCUT2D eigenvalue weighted by molar-refractivity contribution is 6.14. The lowest BCUT2D eigenvalue weighted by Gasteiger charge is -2.42. The molecule has 2 aromatic rings. The zero-order valence-electron chi connectivity index (χ0n) is 27.1. The maximum absolute atomic E-state index is 13.2. The lowest BCUT2D eigenvalue weighted by Crippen LogP contribution is -2.53. The van der Waals surface area contributed by atoms with Gasteiger partial charge in [0, 0.05) is 62.2 Å². The van der Waals surface area contributed by atoms with E-state index >= 15 is 0 Å². The summed E-state index contributed by atoms with van der Waals surface area (Å²) in [6, 6.07) is 8.83. The number of allylic oxidation sites excluding steroid dienone is 3. The van der Waals surface area contributed by atoms with Crippen molar-refractivity contribution in [1.29, 1.82) is 0 Å². The van der Waals surface area contributed by atoms with Crippen molar-refractivity contribution in [3.8, 4) is 11.5 Å². The van der Waals surface area contributed by atoms with Gasteiger partial charge in [0.05, 0.1) is 16.2 Å². The molecule has 47 heavy (non-hydrogen) atoms. The van der Waals surface area contributed by atoms with Crippen LogP contribution in [0.15, 0.2) is 70.4 Å². The molecule has 10 nitrogen and oxygen atoms in total. The monoisotopic (exact) mass is 657 g/mol. The summed E-state index contributed by atoms with van der Waals surface area (Å²) in [7, 11) is 1.55. The number of nitro benzene ring substituents is 1. The molecule has 2 aromatic carbocycles. The van der Waals surface area contributed by atoms with Crippen LogP contribution in [0.3, 0.4) is 0 Å². The highest BCUT2D eigenvalue weighted by atomic mass is 19.4. The molecule has 2 heterocycles. The normalized spacial score (nSPS) is 19.3. The molecule has 4 rings (SSSR count). The fourth-order valence-electron chi connectivity index (χ4n) is 6.07. The average molecular weight is 658 g/mol. The van der Waals surface area contributed by atoms with Crippen molar-refractivity contribution in [3.63, 3.8) is 0 Å². The van der Waals surface area contributed by atoms with Crippen LogP contribution in [-0.2, 0) is 6.18 Å². The summed E-state index contributed by atoms with van der Waals surface area (Å²) in [4.78, 5) is 31.5. The van der Waals surface area contributed by atoms with E-state index in [4.69, 9.17) is 4.74 Å². The Bertz CT molecular complexity index is 1530. The molecule has 2 aliphatic rings. The Morgan fingerprint density at radius 3 is 2.38 bits per heavy atom. The Morgan fingerprint density at radius 2 is 1.81 bits per heavy atom. The van der Waals surface area contributed by atoms with E-state index in [-0.39, 0.29) is 23.0 Å². The van der Waals surface area contributed by atoms with Gasteiger partial charge in [0.1, 0.15) is 11.5 Å². The zero-order chi connectivity index (χ0) is 34.3. The van der Waals surface area contributed by atoms with Gasteiger partial charge in [-0.15, -0.1) is 0 Å². The van der Waals surface area contributed by atoms with Gasteiger partial charge in [0.2, 0.25) is 0 Å². The second kappa shape index (κ2) is 15.5. The molecule has 0 saturated carbocycles. The number of carbonyl (C=O) groups is 1. The number of phenols is 1. The van der Waals surface area contributed by atoms with Crippen molar-refractivity contribution >= 4 is 17.5 Å². The largest absolute Gasteiger partial charge is 0.507 e. The van der Waals surface area contributed by atoms with Crippen LogP contribution in [0.5, 0.6) is 11.5 Å². The number of ether oxygens (including phenoxy) is 1. The van der Waals surface area contributed by atoms with E-state index in [2.05, 4.69) is 22.1 Å². The number of nitrogens with one attached hydrogen (secondary N) is 1. The topological polar surface area (TPSA) is 121 Å². The fourth-order valence-corrected chi connectivity index (χ4v) is 6.07. The molecule has 2 fully saturated rings. The molecule has 13 heteroatoms. The second-order valence-electron chi connectivity index (χ2n) is 12.0. The Hall–Kier alpha value is -4.39. The van der Waals surface area contributed by atoms with Crippen LogP contribution in [0.1, 0.15) is 64.0 Å². The third-order valence-corrected chi connectivity index (χ3v) is 8.83. The van der Waals surface area contributed by atoms with Crippen molar-refractivity contribution in [2.24, 2.45) is 4.99 Å². The van der Waals surface area contributed by atoms with E-state index in [9.17, 15) is 33.2 Å². The molecule has 2 saturated heterocycles. The number of non-ortho nitro benzene ring substituents is 1. The molecule has 1 atom stereocenters. The minimum Gasteiger partial charge on any atom is -0.507 e. The van der Waals surface area contributed by atoms with Gasteiger partial charge in [-0.25, -0.2) is 4.79 Å². The minimum atomic E-state index is -4.56. The van der Waals surface area contributed by atoms with E-state index in [1.165, 1.54) is 30.3 Å². The number of aromatic hydroxyl groups is 1. The molecule has 0 aromatic heterocycles. The zero-order valence-corrected chi connectivity index (χ0v) is 27.1. The molecule has 1 unspecified atom stereocenters. The predicted molar refractivity (Wildman–Crippen MR) is 174 cm³/mol. The van der Waals surface area contributed by atoms with Crippen molar-refractivity contribution in [1.82, 2.24) is 15.1 Å². The van der Waals surface area contributed by atoms with Crippen LogP contribution >= 0.6 is 0 Å². The van der Waals surface area contributed by atoms with E-state index in [0.29, 0.717) is 30.4 Å². The molecular formula is C34H42F3N5O5. The van der Waals surface area contributed by atoms with Crippen LogP contribution in [0.4, 0.5) is 23.7 Å². The number of nitrogens with zero attached hydrogens (tertiary/aromatic N) is 4. The number of piperidine rings is 2. The average Bonchev–Trinajstić information content (AvgIpc) is 3.05. The lowest BCUT2D eigenvalue weighted by atomic mass is 9.96. The van der Waals surface area contributed by atoms with Gasteiger partial charge in [0.15, 0.2) is 0 Å². The molecule has 2 aliphatic heterocycles. The summed E-state index contributed by atoms with van der Waals surface area (Å²) in [5, 5.41) is 25.0. The highest BCUT2D eigenvalue weighted by Crippen LogP contribution is 2.34. The number of likely N-dealkylation sites (tertiary alicyclic amines) is 2. The van der Waals surface area contributed by atoms with Crippen molar-refractivity contribution in [2.45, 2.75) is 71.1 Å². The summed E-state index contributed by atoms with van der Waals surface area (Å²) in [6.45, 7) is 8.79. The van der Waals surface area contributed by atoms with Gasteiger partial charge >= 0.3 is 12.3 Å². The standard InChI is InChI=1S/C34H42F3N5O5/c1-5-22(2)30(19-23(3)32(38-4)29-13-8-24(20-31(29)43)34(35,36)37)39-25-7-6-16-41(21-25)26-14-17-40(18-15-26)33(44)47-28-11-9-27(10-12-28)42(45)46/h8-13,19-20,25-26,39,43H,5-7,14-18,21H2,1-4H3/b23-19-,30-22-,38-32?. The summed E-state index contributed by atoms with van der Waals surface area (Å²) >= 11 is 0. The van der Waals surface area contributed by atoms with E-state index in [1.807, 2.05) is 19.9 Å². The number of benzene rings is 2. The third-order valence-electron chi connectivity index (χ3n) is 8.83. The van der Waals surface area contributed by atoms with Crippen LogP contribution in [0.2, 0.25) is 0 Å². The first kappa shape index (κ1) is 35.5. The third kappa shape index (κ3) is 9.12. The number of alkyl halides is 3. The maximum Gasteiger partial charge on any atom is 0.416 e. The number of nitro groups is 1. The maximum atomic E-state index is 13.2. The van der Waals surface area contributed by atoms with Crippen LogP contribution in [0.25, 0.3) is 0 Å². The molecule has 2 N–H and O–H groups in total. The number of hydrogen-bond donors (Lipinski definition) is 2. The number of rotatable bonds is 9. The molecule has 0 aliphatic carbocycles. The minimum absolute atomic E-state index is 0.0726. The Labute approximate surface area is 272 Å². The van der Waals surface area contributed by atoms with E-state index in [1.54, 1.807) is 11.9 Å². The molecule has 1 amide bonds. The number of aliphatic imine (C=N–C) groups is 1. The van der Waals surface area contributed by atoms with Crippen molar-refractivity contribution in [2.75, 3.05) is 33.2 Å². The lowest BCUT2D eigenvalue weighted by molar-refractivity contribution is -0.384.